The molecule has 0 bridgehead atoms. The fourth-order valence-corrected chi connectivity index (χ4v) is 1.21. The average Bonchev–Trinajstić information content (AvgIpc) is 1.98. The Morgan fingerprint density at radius 2 is 1.92 bits per heavy atom. The minimum absolute atomic E-state index is 0.444. The van der Waals surface area contributed by atoms with Gasteiger partial charge in [-0.05, 0) is 24.9 Å². The van der Waals surface area contributed by atoms with Gasteiger partial charge in [-0.3, -0.25) is 4.79 Å². The van der Waals surface area contributed by atoms with E-state index in [4.69, 9.17) is 23.2 Å². The fourth-order valence-electron chi connectivity index (χ4n) is 0.982. The highest BCUT2D eigenvalue weighted by atomic mass is 35.5. The van der Waals surface area contributed by atoms with Crippen molar-refractivity contribution in [1.82, 2.24) is 0 Å². The van der Waals surface area contributed by atoms with Gasteiger partial charge in [0, 0.05) is 0 Å². The molecule has 0 aromatic rings. The van der Waals surface area contributed by atoms with E-state index in [1.807, 2.05) is 0 Å². The van der Waals surface area contributed by atoms with Crippen LogP contribution in [0, 0.1) is 0 Å². The third kappa shape index (κ3) is 5.00. The van der Waals surface area contributed by atoms with E-state index in [1.54, 1.807) is 6.92 Å². The first-order valence-electron chi connectivity index (χ1n) is 4.39. The summed E-state index contributed by atoms with van der Waals surface area (Å²) in [6.07, 6.45) is 5.17. The molecular weight excluding hydrogens is 195 g/mol. The normalized spacial score (nSPS) is 15.7. The molecule has 0 rings (SSSR count). The Labute approximate surface area is 84.4 Å². The van der Waals surface area contributed by atoms with Gasteiger partial charge in [-0.1, -0.05) is 32.6 Å². The predicted octanol–water partition coefficient (Wildman–Crippen LogP) is 3.72. The largest absolute Gasteiger partial charge is 0.279 e. The predicted molar refractivity (Wildman–Crippen MR) is 53.9 cm³/mol. The third-order valence-corrected chi connectivity index (χ3v) is 2.78. The third-order valence-electron chi connectivity index (χ3n) is 1.91. The van der Waals surface area contributed by atoms with E-state index in [9.17, 15) is 4.79 Å². The highest BCUT2D eigenvalue weighted by Gasteiger charge is 2.27. The topological polar surface area (TPSA) is 17.1 Å². The zero-order chi connectivity index (χ0) is 9.61. The second kappa shape index (κ2) is 5.82. The lowest BCUT2D eigenvalue weighted by Gasteiger charge is -2.15. The van der Waals surface area contributed by atoms with Crippen molar-refractivity contribution in [2.75, 3.05) is 0 Å². The van der Waals surface area contributed by atoms with Gasteiger partial charge in [0.1, 0.15) is 4.87 Å². The summed E-state index contributed by atoms with van der Waals surface area (Å²) in [6.45, 7) is 3.82. The zero-order valence-corrected chi connectivity index (χ0v) is 9.21. The Balaban J connectivity index is 3.54. The lowest BCUT2D eigenvalue weighted by atomic mass is 10.0. The second-order valence-corrected chi connectivity index (χ2v) is 4.46. The van der Waals surface area contributed by atoms with Crippen LogP contribution in [0.25, 0.3) is 0 Å². The van der Waals surface area contributed by atoms with Crippen LogP contribution in [0.15, 0.2) is 0 Å². The van der Waals surface area contributed by atoms with Gasteiger partial charge in [0.15, 0.2) is 0 Å². The summed E-state index contributed by atoms with van der Waals surface area (Å²) in [5, 5.41) is -0.444. The van der Waals surface area contributed by atoms with E-state index in [-0.39, 0.29) is 0 Å². The van der Waals surface area contributed by atoms with Crippen molar-refractivity contribution in [1.29, 1.82) is 0 Å². The van der Waals surface area contributed by atoms with Crippen LogP contribution in [-0.4, -0.2) is 10.1 Å². The molecule has 1 unspecified atom stereocenters. The number of halogens is 2. The Kier molecular flexibility index (Phi) is 5.94. The first-order chi connectivity index (χ1) is 5.50. The Bertz CT molecular complexity index is 143. The van der Waals surface area contributed by atoms with Crippen LogP contribution in [0.4, 0.5) is 0 Å². The lowest BCUT2D eigenvalue weighted by molar-refractivity contribution is -0.113. The molecule has 0 spiro atoms. The van der Waals surface area contributed by atoms with Crippen molar-refractivity contribution in [2.45, 2.75) is 50.8 Å². The summed E-state index contributed by atoms with van der Waals surface area (Å²) >= 11 is 11.2. The molecule has 72 valence electrons. The molecule has 1 atom stereocenters. The van der Waals surface area contributed by atoms with Gasteiger partial charge in [0.25, 0.3) is 0 Å². The van der Waals surface area contributed by atoms with Crippen molar-refractivity contribution < 1.29 is 4.79 Å². The van der Waals surface area contributed by atoms with Crippen LogP contribution in [0.1, 0.15) is 46.0 Å². The van der Waals surface area contributed by atoms with Crippen molar-refractivity contribution in [3.05, 3.63) is 0 Å². The van der Waals surface area contributed by atoms with Gasteiger partial charge in [-0.2, -0.15) is 0 Å². The summed E-state index contributed by atoms with van der Waals surface area (Å²) in [4.78, 5) is 9.91. The van der Waals surface area contributed by atoms with Crippen LogP contribution in [0.5, 0.6) is 0 Å². The van der Waals surface area contributed by atoms with Crippen LogP contribution in [0.3, 0.4) is 0 Å². The monoisotopic (exact) mass is 210 g/mol. The van der Waals surface area contributed by atoms with Gasteiger partial charge in [-0.25, -0.2) is 0 Å². The maximum Gasteiger partial charge on any atom is 0.242 e. The Hall–Kier alpha value is 0.250. The van der Waals surface area contributed by atoms with E-state index < -0.39 is 10.1 Å². The first-order valence-corrected chi connectivity index (χ1v) is 5.15. The molecule has 0 radical (unpaired) electrons. The molecule has 0 N–H and O–H groups in total. The summed E-state index contributed by atoms with van der Waals surface area (Å²) in [7, 11) is 0. The van der Waals surface area contributed by atoms with Crippen molar-refractivity contribution in [3.8, 4) is 0 Å². The van der Waals surface area contributed by atoms with E-state index in [0.717, 1.165) is 12.8 Å². The first kappa shape index (κ1) is 12.2. The minimum Gasteiger partial charge on any atom is -0.279 e. The summed E-state index contributed by atoms with van der Waals surface area (Å²) in [6, 6.07) is 0. The van der Waals surface area contributed by atoms with Crippen LogP contribution in [-0.2, 0) is 4.79 Å². The Morgan fingerprint density at radius 3 is 2.33 bits per heavy atom. The quantitative estimate of drug-likeness (QED) is 0.371. The number of carbonyl (C=O) groups excluding carboxylic acids is 1. The molecule has 3 heteroatoms. The average molecular weight is 211 g/mol. The summed E-state index contributed by atoms with van der Waals surface area (Å²) in [5.41, 5.74) is 0. The van der Waals surface area contributed by atoms with Crippen LogP contribution < -0.4 is 0 Å². The van der Waals surface area contributed by atoms with Crippen molar-refractivity contribution in [3.63, 3.8) is 0 Å². The minimum atomic E-state index is -0.852. The highest BCUT2D eigenvalue weighted by Crippen LogP contribution is 2.25. The standard InChI is InChI=1S/C9H16Cl2O/c1-3-4-5-6-7-9(2,11)8(10)12/h3-7H2,1-2H3. The molecule has 0 aliphatic carbocycles. The van der Waals surface area contributed by atoms with E-state index in [1.165, 1.54) is 12.8 Å². The summed E-state index contributed by atoms with van der Waals surface area (Å²) in [5.74, 6) is 0. The molecule has 0 aliphatic heterocycles. The van der Waals surface area contributed by atoms with Gasteiger partial charge in [-0.15, -0.1) is 11.6 Å². The second-order valence-electron chi connectivity index (χ2n) is 3.28. The smallest absolute Gasteiger partial charge is 0.242 e. The molecule has 0 saturated carbocycles. The number of hydrogen-bond donors (Lipinski definition) is 0. The van der Waals surface area contributed by atoms with Gasteiger partial charge < -0.3 is 0 Å². The molecule has 0 aliphatic rings. The summed E-state index contributed by atoms with van der Waals surface area (Å²) < 4.78 is 0. The zero-order valence-electron chi connectivity index (χ0n) is 7.70. The number of carbonyl (C=O) groups is 1. The number of unbranched alkanes of at least 4 members (excludes halogenated alkanes) is 3. The van der Waals surface area contributed by atoms with Crippen molar-refractivity contribution >= 4 is 28.4 Å². The molecule has 0 heterocycles. The number of alkyl halides is 1. The van der Waals surface area contributed by atoms with E-state index >= 15 is 0 Å². The van der Waals surface area contributed by atoms with Gasteiger partial charge in [0.2, 0.25) is 5.24 Å². The van der Waals surface area contributed by atoms with Crippen molar-refractivity contribution in [2.24, 2.45) is 0 Å². The van der Waals surface area contributed by atoms with Crippen LogP contribution in [0.2, 0.25) is 0 Å². The molecule has 0 fully saturated rings. The fraction of sp³-hybridized carbons (Fsp3) is 0.889. The molecule has 12 heavy (non-hydrogen) atoms. The number of hydrogen-bond acceptors (Lipinski definition) is 1. The Morgan fingerprint density at radius 1 is 1.33 bits per heavy atom. The molecule has 1 nitrogen and oxygen atoms in total. The maximum absolute atomic E-state index is 10.8. The molecule has 0 amide bonds. The molecule has 0 aromatic heterocycles. The highest BCUT2D eigenvalue weighted by molar-refractivity contribution is 6.70. The lowest BCUT2D eigenvalue weighted by Crippen LogP contribution is -2.24. The molecule has 0 saturated heterocycles. The van der Waals surface area contributed by atoms with E-state index in [0.29, 0.717) is 6.42 Å². The number of rotatable bonds is 6. The van der Waals surface area contributed by atoms with Gasteiger partial charge >= 0.3 is 0 Å². The van der Waals surface area contributed by atoms with E-state index in [2.05, 4.69) is 6.92 Å². The molecule has 0 aromatic carbocycles. The maximum atomic E-state index is 10.8. The molecular formula is C9H16Cl2O. The van der Waals surface area contributed by atoms with Crippen LogP contribution >= 0.6 is 23.2 Å². The van der Waals surface area contributed by atoms with Gasteiger partial charge in [0.05, 0.1) is 0 Å². The SMILES string of the molecule is CCCCCCC(C)(Cl)C(=O)Cl.